The summed E-state index contributed by atoms with van der Waals surface area (Å²) in [5, 5.41) is 10.6. The van der Waals surface area contributed by atoms with Crippen molar-refractivity contribution in [3.63, 3.8) is 0 Å². The summed E-state index contributed by atoms with van der Waals surface area (Å²) in [7, 11) is 2.64. The first-order valence-corrected chi connectivity index (χ1v) is 22.1. The molecule has 2 aromatic carbocycles. The van der Waals surface area contributed by atoms with Gasteiger partial charge in [0.2, 0.25) is 24.8 Å². The fourth-order valence-electron chi connectivity index (χ4n) is 7.19. The van der Waals surface area contributed by atoms with E-state index in [9.17, 15) is 48.3 Å². The van der Waals surface area contributed by atoms with Crippen LogP contribution in [0.2, 0.25) is 0 Å². The van der Waals surface area contributed by atoms with Crippen molar-refractivity contribution < 1.29 is 115 Å². The van der Waals surface area contributed by atoms with Crippen LogP contribution in [0.5, 0.6) is 23.0 Å². The molecule has 24 heteroatoms. The lowest BCUT2D eigenvalue weighted by Gasteiger charge is -2.44. The van der Waals surface area contributed by atoms with Crippen molar-refractivity contribution in [2.45, 2.75) is 117 Å². The van der Waals surface area contributed by atoms with Crippen LogP contribution >= 0.6 is 0 Å². The van der Waals surface area contributed by atoms with Gasteiger partial charge in [0.15, 0.2) is 53.2 Å². The van der Waals surface area contributed by atoms with Gasteiger partial charge in [-0.3, -0.25) is 43.2 Å². The Hall–Kier alpha value is -7.99. The van der Waals surface area contributed by atoms with Gasteiger partial charge in [-0.1, -0.05) is 24.3 Å². The van der Waals surface area contributed by atoms with Crippen molar-refractivity contribution in [3.05, 3.63) is 71.5 Å². The molecule has 2 heterocycles. The number of methoxy groups -OCH3 is 2. The Labute approximate surface area is 418 Å². The fraction of sp³-hybridized carbons (Fsp3) is 0.449. The van der Waals surface area contributed by atoms with E-state index in [0.29, 0.717) is 11.1 Å². The van der Waals surface area contributed by atoms with E-state index in [0.717, 1.165) is 67.5 Å². The number of carbonyl (C=O) groups excluding carboxylic acids is 9. The highest BCUT2D eigenvalue weighted by atomic mass is 16.8. The van der Waals surface area contributed by atoms with Crippen molar-refractivity contribution in [2.24, 2.45) is 0 Å². The van der Waals surface area contributed by atoms with E-state index < -0.39 is 134 Å². The standard InChI is InChI=1S/C49H56O24/c1-24(50)62-22-40-42(64-26(3)52)44(66-28(5)54)46(68-30(7)56)48(72-40)70-36-17-13-32(19-38(36)60-9)11-15-34(58)21-35(59)16-12-33-14-18-37(39(20-33)61-10)71-49-47(69-31(8)57)45(67-29(6)55)43(65-27(4)53)41(73-49)23-63-25(2)51/h11-21,40-49,58H,22-23H2,1-10H3/b15-11+,16-12+,34-21-/t40-,41-,42-,43-,44+,45+,46-,47-,48-,49-/m1/s1. The molecule has 2 aliphatic heterocycles. The fourth-order valence-corrected chi connectivity index (χ4v) is 7.19. The minimum atomic E-state index is -1.55. The van der Waals surface area contributed by atoms with Crippen LogP contribution in [-0.2, 0) is 90.5 Å². The second-order valence-corrected chi connectivity index (χ2v) is 15.8. The number of aliphatic hydroxyl groups is 1. The lowest BCUT2D eigenvalue weighted by Crippen LogP contribution is -2.63. The molecule has 2 aromatic rings. The van der Waals surface area contributed by atoms with E-state index in [4.69, 9.17) is 66.3 Å². The molecule has 73 heavy (non-hydrogen) atoms. The Morgan fingerprint density at radius 1 is 0.466 bits per heavy atom. The Morgan fingerprint density at radius 3 is 1.15 bits per heavy atom. The highest BCUT2D eigenvalue weighted by Crippen LogP contribution is 2.37. The molecule has 2 saturated heterocycles. The lowest BCUT2D eigenvalue weighted by atomic mass is 9.98. The third-order valence-corrected chi connectivity index (χ3v) is 9.93. The molecule has 0 amide bonds. The summed E-state index contributed by atoms with van der Waals surface area (Å²) in [5.74, 6) is -7.17. The van der Waals surface area contributed by atoms with E-state index in [2.05, 4.69) is 0 Å². The third kappa shape index (κ3) is 17.7. The average molecular weight is 1030 g/mol. The molecule has 1 N–H and O–H groups in total. The van der Waals surface area contributed by atoms with Crippen LogP contribution in [0.15, 0.2) is 60.4 Å². The molecule has 0 bridgehead atoms. The topological polar surface area (TPSA) is 303 Å². The first-order chi connectivity index (χ1) is 34.5. The Kier molecular flexibility index (Phi) is 21.3. The van der Waals surface area contributed by atoms with Crippen LogP contribution < -0.4 is 18.9 Å². The van der Waals surface area contributed by atoms with Crippen LogP contribution in [0.25, 0.3) is 12.2 Å². The average Bonchev–Trinajstić information content (AvgIpc) is 3.29. The van der Waals surface area contributed by atoms with Crippen LogP contribution in [0.3, 0.4) is 0 Å². The molecule has 0 unspecified atom stereocenters. The van der Waals surface area contributed by atoms with Gasteiger partial charge in [-0.2, -0.15) is 0 Å². The van der Waals surface area contributed by atoms with Gasteiger partial charge in [0.1, 0.15) is 31.2 Å². The molecule has 10 atom stereocenters. The van der Waals surface area contributed by atoms with E-state index in [1.54, 1.807) is 0 Å². The summed E-state index contributed by atoms with van der Waals surface area (Å²) < 4.78 is 78.1. The molecule has 0 spiro atoms. The Balaban J connectivity index is 1.52. The molecular formula is C49H56O24. The molecule has 0 aromatic heterocycles. The maximum Gasteiger partial charge on any atom is 0.303 e. The molecule has 2 aliphatic rings. The molecule has 24 nitrogen and oxygen atoms in total. The maximum absolute atomic E-state index is 12.9. The maximum atomic E-state index is 12.9. The third-order valence-electron chi connectivity index (χ3n) is 9.93. The van der Waals surface area contributed by atoms with Crippen LogP contribution in [0.1, 0.15) is 66.5 Å². The Morgan fingerprint density at radius 2 is 0.808 bits per heavy atom. The van der Waals surface area contributed by atoms with Crippen LogP contribution in [-0.4, -0.2) is 147 Å². The summed E-state index contributed by atoms with van der Waals surface area (Å²) in [6.07, 6.45) is -8.26. The highest BCUT2D eigenvalue weighted by Gasteiger charge is 2.55. The summed E-state index contributed by atoms with van der Waals surface area (Å²) >= 11 is 0. The number of ketones is 1. The van der Waals surface area contributed by atoms with E-state index in [1.807, 2.05) is 0 Å². The molecule has 0 radical (unpaired) electrons. The molecule has 0 aliphatic carbocycles. The zero-order valence-corrected chi connectivity index (χ0v) is 41.4. The minimum absolute atomic E-state index is 0.0199. The first-order valence-electron chi connectivity index (χ1n) is 22.1. The Bertz CT molecular complexity index is 2460. The number of allylic oxidation sites excluding steroid dienone is 3. The summed E-state index contributed by atoms with van der Waals surface area (Å²) in [5.41, 5.74) is 0.854. The van der Waals surface area contributed by atoms with Crippen LogP contribution in [0.4, 0.5) is 0 Å². The molecule has 2 fully saturated rings. The number of esters is 8. The smallest absolute Gasteiger partial charge is 0.303 e. The predicted octanol–water partition coefficient (Wildman–Crippen LogP) is 3.37. The number of ether oxygens (including phenoxy) is 14. The monoisotopic (exact) mass is 1030 g/mol. The summed E-state index contributed by atoms with van der Waals surface area (Å²) in [6, 6.07) is 8.89. The SMILES string of the molecule is COc1cc(/C=C/C(=O)/C=C(O)/C=C/c2ccc(O[C@@H]3O[C@H](COC(C)=O)[C@@H](OC(C)=O)[C@H](OC(C)=O)[C@H]3OC(C)=O)c(OC)c2)ccc1O[C@@H]1O[C@H](COC(C)=O)[C@@H](OC(C)=O)[C@H](OC(C)=O)[C@H]1OC(C)=O. The largest absolute Gasteiger partial charge is 0.508 e. The van der Waals surface area contributed by atoms with Crippen LogP contribution in [0, 0.1) is 0 Å². The normalized spacial score (nSPS) is 23.7. The molecule has 0 saturated carbocycles. The van der Waals surface area contributed by atoms with Gasteiger partial charge in [-0.15, -0.1) is 0 Å². The van der Waals surface area contributed by atoms with Crippen molar-refractivity contribution in [1.29, 1.82) is 0 Å². The van der Waals surface area contributed by atoms with Crippen molar-refractivity contribution in [3.8, 4) is 23.0 Å². The van der Waals surface area contributed by atoms with Gasteiger partial charge < -0.3 is 71.4 Å². The number of rotatable bonds is 21. The summed E-state index contributed by atoms with van der Waals surface area (Å²) in [4.78, 5) is 109. The highest BCUT2D eigenvalue weighted by molar-refractivity contribution is 6.02. The summed E-state index contributed by atoms with van der Waals surface area (Å²) in [6.45, 7) is 7.84. The van der Waals surface area contributed by atoms with Crippen molar-refractivity contribution in [1.82, 2.24) is 0 Å². The van der Waals surface area contributed by atoms with Gasteiger partial charge >= 0.3 is 47.8 Å². The zero-order valence-electron chi connectivity index (χ0n) is 41.4. The number of carbonyl (C=O) groups is 9. The van der Waals surface area contributed by atoms with E-state index >= 15 is 0 Å². The van der Waals surface area contributed by atoms with Gasteiger partial charge in [-0.25, -0.2) is 0 Å². The van der Waals surface area contributed by atoms with Gasteiger partial charge in [0.05, 0.1) is 14.2 Å². The van der Waals surface area contributed by atoms with E-state index in [1.165, 1.54) is 68.8 Å². The number of benzene rings is 2. The lowest BCUT2D eigenvalue weighted by molar-refractivity contribution is -0.288. The van der Waals surface area contributed by atoms with Gasteiger partial charge in [-0.05, 0) is 47.5 Å². The van der Waals surface area contributed by atoms with Crippen molar-refractivity contribution in [2.75, 3.05) is 27.4 Å². The molecular weight excluding hydrogens is 973 g/mol. The van der Waals surface area contributed by atoms with Gasteiger partial charge in [0.25, 0.3) is 0 Å². The molecule has 396 valence electrons. The first kappa shape index (κ1) is 57.6. The second-order valence-electron chi connectivity index (χ2n) is 15.8. The number of hydrogen-bond acceptors (Lipinski definition) is 24. The second kappa shape index (κ2) is 27.0. The van der Waals surface area contributed by atoms with Crippen molar-refractivity contribution >= 4 is 65.7 Å². The predicted molar refractivity (Wildman–Crippen MR) is 245 cm³/mol. The number of aliphatic hydroxyl groups excluding tert-OH is 1. The quantitative estimate of drug-likeness (QED) is 0.0616. The van der Waals surface area contributed by atoms with Gasteiger partial charge in [0, 0.05) is 61.5 Å². The molecule has 4 rings (SSSR count). The minimum Gasteiger partial charge on any atom is -0.508 e. The van der Waals surface area contributed by atoms with E-state index in [-0.39, 0.29) is 23.0 Å². The number of hydrogen-bond donors (Lipinski definition) is 1. The zero-order chi connectivity index (χ0) is 54.1.